The fourth-order valence-electron chi connectivity index (χ4n) is 11.5. The Balaban J connectivity index is 1.53. The van der Waals surface area contributed by atoms with Crippen LogP contribution in [0.2, 0.25) is 0 Å². The van der Waals surface area contributed by atoms with Crippen molar-refractivity contribution in [3.8, 4) is 0 Å². The van der Waals surface area contributed by atoms with Crippen LogP contribution in [0.4, 0.5) is 0 Å². The van der Waals surface area contributed by atoms with E-state index in [1.165, 1.54) is 57.8 Å². The van der Waals surface area contributed by atoms with Crippen LogP contribution >= 0.6 is 0 Å². The topological polar surface area (TPSA) is 40.5 Å². The monoisotopic (exact) mass is 442 g/mol. The van der Waals surface area contributed by atoms with Crippen LogP contribution in [0.1, 0.15) is 106 Å². The average molecular weight is 443 g/mol. The van der Waals surface area contributed by atoms with E-state index >= 15 is 0 Å². The highest BCUT2D eigenvalue weighted by Crippen LogP contribution is 2.77. The molecule has 0 amide bonds. The van der Waals surface area contributed by atoms with Gasteiger partial charge in [0.2, 0.25) is 0 Å². The molecule has 0 saturated heterocycles. The number of aliphatic hydroxyl groups is 2. The summed E-state index contributed by atoms with van der Waals surface area (Å²) in [5, 5.41) is 20.9. The standard InChI is InChI=1S/C30H50O2/c1-19(18-31)20-10-13-27(4)16-17-29(6)21(25(20)27)8-9-23-28(5)14-12-24(32)26(2,3)22(28)11-15-30(23,29)7/h20-25,31-32H,1,8-18H2,2-7H3/t20-,21+,22-,23+,24+,25+,27+,28-,29+,30+/m0/s1. The molecular formula is C30H50O2. The minimum atomic E-state index is -0.143. The lowest BCUT2D eigenvalue weighted by Crippen LogP contribution is -2.66. The first-order chi connectivity index (χ1) is 14.8. The van der Waals surface area contributed by atoms with Crippen LogP contribution in [-0.4, -0.2) is 22.9 Å². The molecule has 10 atom stereocenters. The van der Waals surface area contributed by atoms with Crippen LogP contribution < -0.4 is 0 Å². The summed E-state index contributed by atoms with van der Waals surface area (Å²) in [6.07, 6.45) is 12.7. The molecule has 182 valence electrons. The SMILES string of the molecule is C=C(CO)[C@@H]1CC[C@]2(C)CC[C@]3(C)[C@H](CC[C@@H]4[C@@]5(C)CC[C@@H](O)C(C)(C)[C@@H]5CC[C@]43C)[C@@H]12. The van der Waals surface area contributed by atoms with Crippen molar-refractivity contribution in [1.29, 1.82) is 0 Å². The molecule has 5 aliphatic rings. The Morgan fingerprint density at radius 3 is 2.19 bits per heavy atom. The normalized spacial score (nSPS) is 56.5. The molecule has 0 aromatic carbocycles. The quantitative estimate of drug-likeness (QED) is 0.452. The molecular weight excluding hydrogens is 392 g/mol. The van der Waals surface area contributed by atoms with Crippen LogP contribution in [0.5, 0.6) is 0 Å². The van der Waals surface area contributed by atoms with Crippen molar-refractivity contribution in [1.82, 2.24) is 0 Å². The Labute approximate surface area is 197 Å². The Morgan fingerprint density at radius 2 is 1.50 bits per heavy atom. The van der Waals surface area contributed by atoms with Gasteiger partial charge in [-0.25, -0.2) is 0 Å². The van der Waals surface area contributed by atoms with Crippen molar-refractivity contribution in [2.45, 2.75) is 112 Å². The largest absolute Gasteiger partial charge is 0.393 e. The predicted octanol–water partition coefficient (Wildman–Crippen LogP) is 7.00. The molecule has 32 heavy (non-hydrogen) atoms. The van der Waals surface area contributed by atoms with E-state index < -0.39 is 0 Å². The Morgan fingerprint density at radius 1 is 0.781 bits per heavy atom. The highest BCUT2D eigenvalue weighted by molar-refractivity contribution is 5.21. The van der Waals surface area contributed by atoms with E-state index in [0.29, 0.717) is 39.4 Å². The van der Waals surface area contributed by atoms with Gasteiger partial charge in [-0.3, -0.25) is 0 Å². The summed E-state index contributed by atoms with van der Waals surface area (Å²) in [4.78, 5) is 0. The summed E-state index contributed by atoms with van der Waals surface area (Å²) in [6, 6.07) is 0. The van der Waals surface area contributed by atoms with Gasteiger partial charge in [-0.1, -0.05) is 48.1 Å². The summed E-state index contributed by atoms with van der Waals surface area (Å²) >= 11 is 0. The summed E-state index contributed by atoms with van der Waals surface area (Å²) in [5.41, 5.74) is 2.70. The lowest BCUT2D eigenvalue weighted by Gasteiger charge is -2.73. The van der Waals surface area contributed by atoms with E-state index in [-0.39, 0.29) is 18.1 Å². The number of hydrogen-bond donors (Lipinski definition) is 2. The fraction of sp³-hybridized carbons (Fsp3) is 0.933. The molecule has 0 aromatic heterocycles. The van der Waals surface area contributed by atoms with E-state index in [0.717, 1.165) is 23.8 Å². The minimum absolute atomic E-state index is 0.0344. The van der Waals surface area contributed by atoms with Crippen LogP contribution in [0.25, 0.3) is 0 Å². The first kappa shape index (κ1) is 23.4. The van der Waals surface area contributed by atoms with E-state index in [4.69, 9.17) is 0 Å². The van der Waals surface area contributed by atoms with Gasteiger partial charge in [0.1, 0.15) is 0 Å². The van der Waals surface area contributed by atoms with Crippen molar-refractivity contribution in [3.63, 3.8) is 0 Å². The van der Waals surface area contributed by atoms with Crippen LogP contribution in [0, 0.1) is 56.7 Å². The van der Waals surface area contributed by atoms with Crippen LogP contribution in [-0.2, 0) is 0 Å². The zero-order chi connectivity index (χ0) is 23.3. The van der Waals surface area contributed by atoms with Gasteiger partial charge >= 0.3 is 0 Å². The lowest BCUT2D eigenvalue weighted by atomic mass is 9.32. The van der Waals surface area contributed by atoms with Gasteiger partial charge in [-0.2, -0.15) is 0 Å². The first-order valence-corrected chi connectivity index (χ1v) is 13.8. The molecule has 0 aromatic rings. The Hall–Kier alpha value is -0.340. The molecule has 0 aliphatic heterocycles. The smallest absolute Gasteiger partial charge is 0.0641 e. The average Bonchev–Trinajstić information content (AvgIpc) is 3.09. The van der Waals surface area contributed by atoms with Gasteiger partial charge in [0.05, 0.1) is 12.7 Å². The minimum Gasteiger partial charge on any atom is -0.393 e. The molecule has 5 fully saturated rings. The summed E-state index contributed by atoms with van der Waals surface area (Å²) < 4.78 is 0. The maximum absolute atomic E-state index is 10.9. The van der Waals surface area contributed by atoms with E-state index in [1.54, 1.807) is 0 Å². The second-order valence-corrected chi connectivity index (χ2v) is 14.7. The number of rotatable bonds is 2. The molecule has 0 radical (unpaired) electrons. The fourth-order valence-corrected chi connectivity index (χ4v) is 11.5. The van der Waals surface area contributed by atoms with E-state index in [2.05, 4.69) is 48.1 Å². The molecule has 2 heteroatoms. The highest BCUT2D eigenvalue weighted by Gasteiger charge is 2.70. The zero-order valence-corrected chi connectivity index (χ0v) is 21.8. The Bertz CT molecular complexity index is 786. The second kappa shape index (κ2) is 7.09. The van der Waals surface area contributed by atoms with Gasteiger partial charge in [-0.05, 0) is 126 Å². The third kappa shape index (κ3) is 2.72. The Kier molecular flexibility index (Phi) is 5.19. The van der Waals surface area contributed by atoms with Crippen molar-refractivity contribution < 1.29 is 10.2 Å². The number of hydrogen-bond acceptors (Lipinski definition) is 2. The molecule has 0 unspecified atom stereocenters. The molecule has 0 spiro atoms. The predicted molar refractivity (Wildman–Crippen MR) is 132 cm³/mol. The van der Waals surface area contributed by atoms with Crippen molar-refractivity contribution in [2.24, 2.45) is 56.7 Å². The van der Waals surface area contributed by atoms with Crippen molar-refractivity contribution in [3.05, 3.63) is 12.2 Å². The molecule has 5 rings (SSSR count). The van der Waals surface area contributed by atoms with Crippen LogP contribution in [0.15, 0.2) is 12.2 Å². The lowest BCUT2D eigenvalue weighted by molar-refractivity contribution is -0.246. The third-order valence-electron chi connectivity index (χ3n) is 13.6. The summed E-state index contributed by atoms with van der Waals surface area (Å²) in [5.74, 6) is 3.39. The molecule has 5 saturated carbocycles. The summed E-state index contributed by atoms with van der Waals surface area (Å²) in [6.45, 7) is 19.8. The molecule has 0 heterocycles. The van der Waals surface area contributed by atoms with Gasteiger partial charge in [0.25, 0.3) is 0 Å². The molecule has 5 aliphatic carbocycles. The van der Waals surface area contributed by atoms with Crippen molar-refractivity contribution >= 4 is 0 Å². The van der Waals surface area contributed by atoms with Gasteiger partial charge in [0.15, 0.2) is 0 Å². The van der Waals surface area contributed by atoms with Gasteiger partial charge in [0, 0.05) is 0 Å². The second-order valence-electron chi connectivity index (χ2n) is 14.7. The van der Waals surface area contributed by atoms with E-state index in [9.17, 15) is 10.2 Å². The van der Waals surface area contributed by atoms with Gasteiger partial charge < -0.3 is 10.2 Å². The van der Waals surface area contributed by atoms with Gasteiger partial charge in [-0.15, -0.1) is 0 Å². The highest BCUT2D eigenvalue weighted by atomic mass is 16.3. The number of aliphatic hydroxyl groups excluding tert-OH is 2. The van der Waals surface area contributed by atoms with Crippen LogP contribution in [0.3, 0.4) is 0 Å². The van der Waals surface area contributed by atoms with E-state index in [1.807, 2.05) is 0 Å². The first-order valence-electron chi connectivity index (χ1n) is 13.8. The zero-order valence-electron chi connectivity index (χ0n) is 21.8. The molecule has 2 nitrogen and oxygen atoms in total. The maximum Gasteiger partial charge on any atom is 0.0641 e. The maximum atomic E-state index is 10.9. The molecule has 0 bridgehead atoms. The number of fused-ring (bicyclic) bond motifs is 7. The summed E-state index contributed by atoms with van der Waals surface area (Å²) in [7, 11) is 0. The molecule has 2 N–H and O–H groups in total. The third-order valence-corrected chi connectivity index (χ3v) is 13.6. The van der Waals surface area contributed by atoms with Crippen molar-refractivity contribution in [2.75, 3.05) is 6.61 Å².